The molecule has 1 saturated carbocycles. The van der Waals surface area contributed by atoms with Crippen molar-refractivity contribution in [3.8, 4) is 5.88 Å². The largest absolute Gasteiger partial charge is 0.465 e. The smallest absolute Gasteiger partial charge is 0.425 e. The molecule has 0 spiro atoms. The van der Waals surface area contributed by atoms with Crippen LogP contribution in [0.3, 0.4) is 0 Å². The highest BCUT2D eigenvalue weighted by molar-refractivity contribution is 5.78. The topological polar surface area (TPSA) is 72.3 Å². The normalized spacial score (nSPS) is 23.4. The Labute approximate surface area is 218 Å². The first-order chi connectivity index (χ1) is 17.9. The maximum absolute atomic E-state index is 15.6. The molecule has 0 saturated heterocycles. The van der Waals surface area contributed by atoms with Gasteiger partial charge < -0.3 is 15.0 Å². The molecule has 4 rings (SSSR count). The fourth-order valence-corrected chi connectivity index (χ4v) is 5.11. The summed E-state index contributed by atoms with van der Waals surface area (Å²) in [6.45, 7) is 2.87. The van der Waals surface area contributed by atoms with Gasteiger partial charge in [0.05, 0.1) is 6.42 Å². The van der Waals surface area contributed by atoms with Crippen LogP contribution in [0.15, 0.2) is 18.3 Å². The predicted molar refractivity (Wildman–Crippen MR) is 130 cm³/mol. The molecule has 1 aliphatic heterocycles. The van der Waals surface area contributed by atoms with Crippen LogP contribution in [0.25, 0.3) is 0 Å². The van der Waals surface area contributed by atoms with Gasteiger partial charge in [-0.1, -0.05) is 6.07 Å². The number of amides is 1. The summed E-state index contributed by atoms with van der Waals surface area (Å²) in [7, 11) is 1.59. The minimum atomic E-state index is -4.46. The molecule has 210 valence electrons. The number of aromatic nitrogens is 3. The number of fused-ring (bicyclic) bond motifs is 1. The molecule has 2 aliphatic rings. The van der Waals surface area contributed by atoms with Crippen molar-refractivity contribution in [1.82, 2.24) is 25.0 Å². The van der Waals surface area contributed by atoms with E-state index in [4.69, 9.17) is 4.74 Å². The van der Waals surface area contributed by atoms with Crippen molar-refractivity contribution in [2.24, 2.45) is 7.05 Å². The van der Waals surface area contributed by atoms with E-state index in [-0.39, 0.29) is 29.8 Å². The summed E-state index contributed by atoms with van der Waals surface area (Å²) in [5.74, 6) is -1.00. The van der Waals surface area contributed by atoms with Crippen molar-refractivity contribution in [2.45, 2.75) is 82.3 Å². The Bertz CT molecular complexity index is 1110. The van der Waals surface area contributed by atoms with Crippen molar-refractivity contribution in [3.63, 3.8) is 0 Å². The molecule has 1 atom stereocenters. The molecule has 0 bridgehead atoms. The summed E-state index contributed by atoms with van der Waals surface area (Å²) >= 11 is 0. The van der Waals surface area contributed by atoms with Gasteiger partial charge in [0.1, 0.15) is 5.67 Å². The lowest BCUT2D eigenvalue weighted by atomic mass is 9.81. The Kier molecular flexibility index (Phi) is 8.59. The number of rotatable bonds is 8. The fourth-order valence-electron chi connectivity index (χ4n) is 5.11. The molecular weight excluding hydrogens is 509 g/mol. The highest BCUT2D eigenvalue weighted by Gasteiger charge is 2.39. The number of hydrogen-bond donors (Lipinski definition) is 1. The molecule has 1 unspecified atom stereocenters. The lowest BCUT2D eigenvalue weighted by Gasteiger charge is -2.35. The number of ether oxygens (including phenoxy) is 1. The summed E-state index contributed by atoms with van der Waals surface area (Å²) in [5.41, 5.74) is 0.603. The van der Waals surface area contributed by atoms with Crippen LogP contribution in [-0.2, 0) is 31.1 Å². The van der Waals surface area contributed by atoms with E-state index in [1.165, 1.54) is 16.9 Å². The van der Waals surface area contributed by atoms with E-state index >= 15 is 4.39 Å². The minimum Gasteiger partial charge on any atom is -0.465 e. The summed E-state index contributed by atoms with van der Waals surface area (Å²) in [6.07, 6.45) is -1.70. The molecule has 2 aromatic rings. The second-order valence-electron chi connectivity index (χ2n) is 10.4. The maximum Gasteiger partial charge on any atom is 0.425 e. The van der Waals surface area contributed by atoms with Gasteiger partial charge in [0.15, 0.2) is 6.10 Å². The first-order valence-electron chi connectivity index (χ1n) is 13.0. The predicted octanol–water partition coefficient (Wildman–Crippen LogP) is 4.08. The average Bonchev–Trinajstić information content (AvgIpc) is 3.03. The van der Waals surface area contributed by atoms with E-state index in [0.717, 1.165) is 18.2 Å². The van der Waals surface area contributed by atoms with E-state index in [2.05, 4.69) is 20.3 Å². The molecular formula is C26H34F5N5O2. The summed E-state index contributed by atoms with van der Waals surface area (Å²) in [5, 5.41) is 6.49. The first kappa shape index (κ1) is 28.3. The number of aryl methyl sites for hydroxylation is 1. The molecule has 12 heteroatoms. The number of hydrogen-bond acceptors (Lipinski definition) is 5. The molecule has 3 heterocycles. The number of pyridine rings is 1. The van der Waals surface area contributed by atoms with Gasteiger partial charge >= 0.3 is 6.18 Å². The second-order valence-corrected chi connectivity index (χ2v) is 10.4. The number of carbonyl (C=O) groups is 1. The third-order valence-electron chi connectivity index (χ3n) is 7.49. The molecule has 0 aromatic carbocycles. The SMILES string of the molecule is CC(Oc1ccc2c(n1)CCN(CCC1(F)CCC(NC(=O)Cc3cn(C)nc3F)CC1)CC2)C(F)(F)F. The minimum absolute atomic E-state index is 0.0424. The van der Waals surface area contributed by atoms with Gasteiger partial charge in [-0.25, -0.2) is 9.37 Å². The number of carbonyl (C=O) groups excluding carboxylic acids is 1. The van der Waals surface area contributed by atoms with Crippen molar-refractivity contribution in [2.75, 3.05) is 19.6 Å². The van der Waals surface area contributed by atoms with Crippen LogP contribution in [0.4, 0.5) is 22.0 Å². The van der Waals surface area contributed by atoms with Gasteiger partial charge in [-0.2, -0.15) is 17.6 Å². The number of nitrogens with zero attached hydrogens (tertiary/aromatic N) is 4. The third-order valence-corrected chi connectivity index (χ3v) is 7.49. The van der Waals surface area contributed by atoms with Crippen LogP contribution in [0.1, 0.15) is 55.8 Å². The van der Waals surface area contributed by atoms with Crippen LogP contribution in [0.2, 0.25) is 0 Å². The molecule has 1 aliphatic carbocycles. The van der Waals surface area contributed by atoms with Gasteiger partial charge in [0.25, 0.3) is 0 Å². The Morgan fingerprint density at radius 2 is 1.95 bits per heavy atom. The highest BCUT2D eigenvalue weighted by Crippen LogP contribution is 2.35. The van der Waals surface area contributed by atoms with Crippen LogP contribution in [0.5, 0.6) is 5.88 Å². The van der Waals surface area contributed by atoms with E-state index in [1.807, 2.05) is 0 Å². The van der Waals surface area contributed by atoms with Crippen LogP contribution >= 0.6 is 0 Å². The maximum atomic E-state index is 15.6. The lowest BCUT2D eigenvalue weighted by molar-refractivity contribution is -0.190. The van der Waals surface area contributed by atoms with E-state index in [9.17, 15) is 22.4 Å². The molecule has 2 aromatic heterocycles. The Morgan fingerprint density at radius 3 is 2.61 bits per heavy atom. The summed E-state index contributed by atoms with van der Waals surface area (Å²) < 4.78 is 74.0. The second kappa shape index (κ2) is 11.5. The summed E-state index contributed by atoms with van der Waals surface area (Å²) in [4.78, 5) is 18.8. The quantitative estimate of drug-likeness (QED) is 0.508. The number of alkyl halides is 4. The van der Waals surface area contributed by atoms with Gasteiger partial charge in [0, 0.05) is 62.7 Å². The van der Waals surface area contributed by atoms with Crippen molar-refractivity contribution in [1.29, 1.82) is 0 Å². The van der Waals surface area contributed by atoms with Crippen LogP contribution < -0.4 is 10.1 Å². The zero-order valence-corrected chi connectivity index (χ0v) is 21.7. The number of nitrogens with one attached hydrogen (secondary N) is 1. The van der Waals surface area contributed by atoms with Gasteiger partial charge in [-0.15, -0.1) is 5.10 Å². The van der Waals surface area contributed by atoms with E-state index in [1.54, 1.807) is 13.1 Å². The van der Waals surface area contributed by atoms with Gasteiger partial charge in [0.2, 0.25) is 17.7 Å². The lowest BCUT2D eigenvalue weighted by Crippen LogP contribution is -2.43. The zero-order valence-electron chi connectivity index (χ0n) is 21.7. The molecule has 1 fully saturated rings. The molecule has 0 radical (unpaired) electrons. The monoisotopic (exact) mass is 543 g/mol. The number of halogens is 5. The fraction of sp³-hybridized carbons (Fsp3) is 0.654. The van der Waals surface area contributed by atoms with Crippen LogP contribution in [0, 0.1) is 5.95 Å². The van der Waals surface area contributed by atoms with Crippen molar-refractivity contribution < 1.29 is 31.5 Å². The molecule has 1 N–H and O–H groups in total. The standard InChI is InChI=1S/C26H34F5N5O2/c1-17(26(29,30)31)38-23-4-3-18-7-12-36(13-8-21(18)33-23)14-11-25(28)9-5-20(6-10-25)32-22(37)15-19-16-35(2)34-24(19)27/h3-4,16-17,20H,5-15H2,1-2H3,(H,32,37). The van der Waals surface area contributed by atoms with Crippen molar-refractivity contribution >= 4 is 5.91 Å². The Balaban J connectivity index is 1.21. The first-order valence-corrected chi connectivity index (χ1v) is 13.0. The van der Waals surface area contributed by atoms with E-state index < -0.39 is 23.9 Å². The van der Waals surface area contributed by atoms with Crippen molar-refractivity contribution in [3.05, 3.63) is 41.1 Å². The Morgan fingerprint density at radius 1 is 1.24 bits per heavy atom. The van der Waals surface area contributed by atoms with E-state index in [0.29, 0.717) is 64.6 Å². The van der Waals surface area contributed by atoms with Gasteiger partial charge in [-0.05, 0) is 51.0 Å². The summed E-state index contributed by atoms with van der Waals surface area (Å²) in [6, 6.07) is 3.10. The molecule has 1 amide bonds. The van der Waals surface area contributed by atoms with Gasteiger partial charge in [-0.3, -0.25) is 9.48 Å². The third kappa shape index (κ3) is 7.42. The zero-order chi connectivity index (χ0) is 27.5. The Hall–Kier alpha value is -2.76. The molecule has 7 nitrogen and oxygen atoms in total. The molecule has 38 heavy (non-hydrogen) atoms. The average molecular weight is 544 g/mol. The highest BCUT2D eigenvalue weighted by atomic mass is 19.4. The van der Waals surface area contributed by atoms with Crippen LogP contribution in [-0.4, -0.2) is 69.2 Å².